The molecule has 1 saturated carbocycles. The monoisotopic (exact) mass is 275 g/mol. The third kappa shape index (κ3) is 3.83. The molecule has 2 rings (SSSR count). The number of benzene rings is 1. The van der Waals surface area contributed by atoms with E-state index in [0.717, 1.165) is 11.8 Å². The van der Waals surface area contributed by atoms with Crippen molar-refractivity contribution in [1.29, 1.82) is 0 Å². The van der Waals surface area contributed by atoms with Gasteiger partial charge in [0.25, 0.3) is 0 Å². The molecule has 1 aromatic rings. The van der Waals surface area contributed by atoms with Crippen molar-refractivity contribution >= 4 is 0 Å². The van der Waals surface area contributed by atoms with Gasteiger partial charge in [0.2, 0.25) is 0 Å². The van der Waals surface area contributed by atoms with Crippen molar-refractivity contribution in [2.24, 2.45) is 17.6 Å². The number of hydrogen-bond donors (Lipinski definition) is 1. The summed E-state index contributed by atoms with van der Waals surface area (Å²) < 4.78 is 6.23. The van der Waals surface area contributed by atoms with Crippen LogP contribution in [-0.2, 0) is 4.74 Å². The zero-order valence-corrected chi connectivity index (χ0v) is 13.3. The summed E-state index contributed by atoms with van der Waals surface area (Å²) in [6.45, 7) is 8.89. The molecule has 0 bridgehead atoms. The van der Waals surface area contributed by atoms with Gasteiger partial charge >= 0.3 is 0 Å². The van der Waals surface area contributed by atoms with E-state index in [1.54, 1.807) is 0 Å². The van der Waals surface area contributed by atoms with Crippen LogP contribution < -0.4 is 5.73 Å². The van der Waals surface area contributed by atoms with Gasteiger partial charge in [0, 0.05) is 0 Å². The molecule has 0 spiro atoms. The topological polar surface area (TPSA) is 35.2 Å². The fraction of sp³-hybridized carbons (Fsp3) is 0.667. The molecule has 0 radical (unpaired) electrons. The summed E-state index contributed by atoms with van der Waals surface area (Å²) in [5.74, 6) is 1.59. The fourth-order valence-electron chi connectivity index (χ4n) is 3.07. The highest BCUT2D eigenvalue weighted by Gasteiger charge is 2.27. The molecule has 112 valence electrons. The minimum atomic E-state index is -0.0368. The van der Waals surface area contributed by atoms with Crippen LogP contribution in [0, 0.1) is 18.8 Å². The minimum Gasteiger partial charge on any atom is -0.373 e. The van der Waals surface area contributed by atoms with Crippen LogP contribution in [-0.4, -0.2) is 12.2 Å². The fourth-order valence-corrected chi connectivity index (χ4v) is 3.07. The lowest BCUT2D eigenvalue weighted by molar-refractivity contribution is -0.0493. The molecule has 0 aliphatic heterocycles. The lowest BCUT2D eigenvalue weighted by Crippen LogP contribution is -2.34. The Morgan fingerprint density at radius 1 is 1.10 bits per heavy atom. The Balaban J connectivity index is 1.91. The van der Waals surface area contributed by atoms with Crippen molar-refractivity contribution in [3.8, 4) is 0 Å². The molecule has 0 aromatic heterocycles. The van der Waals surface area contributed by atoms with Gasteiger partial charge < -0.3 is 10.5 Å². The van der Waals surface area contributed by atoms with E-state index in [2.05, 4.69) is 52.0 Å². The van der Waals surface area contributed by atoms with Gasteiger partial charge in [-0.15, -0.1) is 0 Å². The molecule has 0 heterocycles. The second-order valence-electron chi connectivity index (χ2n) is 6.67. The first-order valence-electron chi connectivity index (χ1n) is 7.95. The summed E-state index contributed by atoms with van der Waals surface area (Å²) in [6, 6.07) is 8.43. The quantitative estimate of drug-likeness (QED) is 0.892. The number of nitrogens with two attached hydrogens (primary N) is 1. The Hall–Kier alpha value is -0.860. The smallest absolute Gasteiger partial charge is 0.0743 e. The second kappa shape index (κ2) is 6.73. The molecule has 2 heteroatoms. The highest BCUT2D eigenvalue weighted by molar-refractivity contribution is 5.24. The molecular formula is C18H29NO. The lowest BCUT2D eigenvalue weighted by Gasteiger charge is -2.34. The summed E-state index contributed by atoms with van der Waals surface area (Å²) in [4.78, 5) is 0. The van der Waals surface area contributed by atoms with E-state index in [9.17, 15) is 0 Å². The van der Waals surface area contributed by atoms with Crippen LogP contribution in [0.15, 0.2) is 24.3 Å². The molecule has 2 nitrogen and oxygen atoms in total. The molecule has 20 heavy (non-hydrogen) atoms. The molecule has 2 N–H and O–H groups in total. The summed E-state index contributed by atoms with van der Waals surface area (Å²) >= 11 is 0. The molecular weight excluding hydrogens is 246 g/mol. The molecule has 1 fully saturated rings. The van der Waals surface area contributed by atoms with E-state index in [0.29, 0.717) is 6.10 Å². The largest absolute Gasteiger partial charge is 0.373 e. The number of aryl methyl sites for hydroxylation is 1. The maximum absolute atomic E-state index is 6.34. The van der Waals surface area contributed by atoms with Crippen LogP contribution in [0.25, 0.3) is 0 Å². The van der Waals surface area contributed by atoms with Crippen molar-refractivity contribution < 1.29 is 4.74 Å². The van der Waals surface area contributed by atoms with Crippen LogP contribution in [0.5, 0.6) is 0 Å². The maximum atomic E-state index is 6.34. The molecule has 0 amide bonds. The lowest BCUT2D eigenvalue weighted by atomic mass is 9.80. The van der Waals surface area contributed by atoms with Gasteiger partial charge in [-0.25, -0.2) is 0 Å². The van der Waals surface area contributed by atoms with Crippen LogP contribution in [0.4, 0.5) is 0 Å². The molecule has 5 unspecified atom stereocenters. The minimum absolute atomic E-state index is 0.0368. The van der Waals surface area contributed by atoms with Crippen LogP contribution in [0.2, 0.25) is 0 Å². The summed E-state index contributed by atoms with van der Waals surface area (Å²) in [5, 5.41) is 0. The highest BCUT2D eigenvalue weighted by Crippen LogP contribution is 2.32. The van der Waals surface area contributed by atoms with Gasteiger partial charge in [-0.2, -0.15) is 0 Å². The average molecular weight is 275 g/mol. The second-order valence-corrected chi connectivity index (χ2v) is 6.67. The summed E-state index contributed by atoms with van der Waals surface area (Å²) in [5.41, 5.74) is 8.78. The molecule has 1 aliphatic carbocycles. The predicted octanol–water partition coefficient (Wildman–Crippen LogP) is 4.22. The maximum Gasteiger partial charge on any atom is 0.0743 e. The third-order valence-electron chi connectivity index (χ3n) is 4.93. The SMILES string of the molecule is Cc1ccc(C(N)C(C)OC2CCC(C)C(C)C2)cc1. The Morgan fingerprint density at radius 2 is 1.75 bits per heavy atom. The predicted molar refractivity (Wildman–Crippen MR) is 84.6 cm³/mol. The van der Waals surface area contributed by atoms with Crippen LogP contribution in [0.3, 0.4) is 0 Å². The normalized spacial score (nSPS) is 29.9. The first kappa shape index (κ1) is 15.5. The van der Waals surface area contributed by atoms with E-state index in [4.69, 9.17) is 10.5 Å². The van der Waals surface area contributed by atoms with E-state index in [1.807, 2.05) is 0 Å². The van der Waals surface area contributed by atoms with Crippen molar-refractivity contribution in [2.75, 3.05) is 0 Å². The van der Waals surface area contributed by atoms with Gasteiger partial charge in [-0.3, -0.25) is 0 Å². The van der Waals surface area contributed by atoms with Crippen molar-refractivity contribution in [1.82, 2.24) is 0 Å². The van der Waals surface area contributed by atoms with E-state index < -0.39 is 0 Å². The van der Waals surface area contributed by atoms with Gasteiger partial charge in [0.15, 0.2) is 0 Å². The first-order chi connectivity index (χ1) is 9.47. The van der Waals surface area contributed by atoms with Gasteiger partial charge in [0.1, 0.15) is 0 Å². The zero-order valence-electron chi connectivity index (χ0n) is 13.3. The Bertz CT molecular complexity index is 414. The molecule has 1 aromatic carbocycles. The summed E-state index contributed by atoms with van der Waals surface area (Å²) in [7, 11) is 0. The van der Waals surface area contributed by atoms with Gasteiger partial charge in [-0.05, 0) is 50.5 Å². The molecule has 1 aliphatic rings. The Labute approximate surface area is 123 Å². The standard InChI is InChI=1S/C18H29NO/c1-12-5-8-16(9-6-12)18(19)15(4)20-17-10-7-13(2)14(3)11-17/h5-6,8-9,13-15,17-18H,7,10-11,19H2,1-4H3. The van der Waals surface area contributed by atoms with E-state index in [1.165, 1.54) is 30.4 Å². The third-order valence-corrected chi connectivity index (χ3v) is 4.93. The number of hydrogen-bond acceptors (Lipinski definition) is 2. The van der Waals surface area contributed by atoms with Gasteiger partial charge in [-0.1, -0.05) is 43.7 Å². The number of rotatable bonds is 4. The van der Waals surface area contributed by atoms with Gasteiger partial charge in [0.05, 0.1) is 18.2 Å². The highest BCUT2D eigenvalue weighted by atomic mass is 16.5. The Morgan fingerprint density at radius 3 is 2.35 bits per heavy atom. The van der Waals surface area contributed by atoms with E-state index >= 15 is 0 Å². The Kier molecular flexibility index (Phi) is 5.22. The van der Waals surface area contributed by atoms with Crippen molar-refractivity contribution in [3.05, 3.63) is 35.4 Å². The molecule has 5 atom stereocenters. The number of ether oxygens (including phenoxy) is 1. The van der Waals surface area contributed by atoms with Crippen molar-refractivity contribution in [2.45, 2.75) is 65.2 Å². The van der Waals surface area contributed by atoms with Crippen molar-refractivity contribution in [3.63, 3.8) is 0 Å². The average Bonchev–Trinajstić information content (AvgIpc) is 2.43. The molecule has 0 saturated heterocycles. The van der Waals surface area contributed by atoms with Crippen LogP contribution in [0.1, 0.15) is 57.2 Å². The first-order valence-corrected chi connectivity index (χ1v) is 7.95. The van der Waals surface area contributed by atoms with Crippen LogP contribution >= 0.6 is 0 Å². The summed E-state index contributed by atoms with van der Waals surface area (Å²) in [6.07, 6.45) is 4.08. The van der Waals surface area contributed by atoms with E-state index in [-0.39, 0.29) is 12.1 Å². The zero-order chi connectivity index (χ0) is 14.7.